The van der Waals surface area contributed by atoms with Gasteiger partial charge in [0.2, 0.25) is 0 Å². The third-order valence-corrected chi connectivity index (χ3v) is 13.5. The Morgan fingerprint density at radius 3 is 1.81 bits per heavy atom. The fourth-order valence-electron chi connectivity index (χ4n) is 10.3. The molecule has 0 heterocycles. The number of nitrogens with zero attached hydrogens (tertiary/aromatic N) is 1. The van der Waals surface area contributed by atoms with Crippen LogP contribution in [0.3, 0.4) is 0 Å². The van der Waals surface area contributed by atoms with Crippen LogP contribution in [0.25, 0.3) is 88.3 Å². The van der Waals surface area contributed by atoms with Crippen LogP contribution < -0.4 is 4.90 Å². The highest BCUT2D eigenvalue weighted by Gasteiger charge is 2.51. The molecule has 1 spiro atoms. The summed E-state index contributed by atoms with van der Waals surface area (Å²) in [5.74, 6) is 0. The Hall–Kier alpha value is -9.04. The van der Waals surface area contributed by atoms with Crippen LogP contribution in [-0.4, -0.2) is 0 Å². The average Bonchev–Trinajstić information content (AvgIpc) is 1.49. The van der Waals surface area contributed by atoms with Crippen LogP contribution >= 0.6 is 0 Å². The summed E-state index contributed by atoms with van der Waals surface area (Å²) in [7, 11) is 0. The van der Waals surface area contributed by atoms with E-state index in [4.69, 9.17) is 27.4 Å². The van der Waals surface area contributed by atoms with E-state index in [-0.39, 0.29) is 21.7 Å². The lowest BCUT2D eigenvalue weighted by Gasteiger charge is -2.32. The van der Waals surface area contributed by atoms with E-state index in [1.165, 1.54) is 0 Å². The van der Waals surface area contributed by atoms with Crippen molar-refractivity contribution >= 4 is 38.6 Å². The van der Waals surface area contributed by atoms with E-state index in [0.717, 1.165) is 42.5 Å². The van der Waals surface area contributed by atoms with E-state index in [1.807, 2.05) is 0 Å². The highest BCUT2D eigenvalue weighted by molar-refractivity contribution is 6.06. The normalized spacial score (nSPS) is 23.2. The van der Waals surface area contributed by atoms with E-state index in [9.17, 15) is 27.4 Å². The summed E-state index contributed by atoms with van der Waals surface area (Å²) < 4.78 is 377. The molecule has 0 saturated carbocycles. The van der Waals surface area contributed by atoms with Crippen molar-refractivity contribution in [3.05, 3.63) is 293 Å². The lowest BCUT2D eigenvalue weighted by atomic mass is 9.70. The van der Waals surface area contributed by atoms with Crippen LogP contribution in [-0.2, 0) is 10.8 Å². The van der Waals surface area contributed by atoms with Crippen molar-refractivity contribution in [3.63, 3.8) is 0 Å². The van der Waals surface area contributed by atoms with E-state index in [2.05, 4.69) is 0 Å². The van der Waals surface area contributed by atoms with Crippen LogP contribution in [0, 0.1) is 0 Å². The van der Waals surface area contributed by atoms with Gasteiger partial charge in [0.05, 0.1) is 52.0 Å². The highest BCUT2D eigenvalue weighted by atomic mass is 15.1. The molecule has 1 unspecified atom stereocenters. The van der Waals surface area contributed by atoms with Gasteiger partial charge in [-0.1, -0.05) is 225 Å². The van der Waals surface area contributed by atoms with Gasteiger partial charge in [0, 0.05) is 30.7 Å². The maximum atomic E-state index is 11.0. The molecule has 3 aliphatic carbocycles. The predicted molar refractivity (Wildman–Crippen MR) is 306 cm³/mol. The highest BCUT2D eigenvalue weighted by Crippen LogP contribution is 2.63. The summed E-state index contributed by atoms with van der Waals surface area (Å²) in [6.07, 6.45) is 0. The van der Waals surface area contributed by atoms with Crippen molar-refractivity contribution in [1.82, 2.24) is 0 Å². The minimum absolute atomic E-state index is 0.182. The molecule has 15 rings (SSSR count). The molecule has 0 radical (unpaired) electrons. The van der Waals surface area contributed by atoms with Gasteiger partial charge in [-0.2, -0.15) is 0 Å². The first-order chi connectivity index (χ1) is 52.5. The van der Waals surface area contributed by atoms with Crippen molar-refractivity contribution < 1.29 is 54.8 Å². The SMILES string of the molecule is [2H]c1cc([2H])c2cc([2H])c(-c3c([2H])c([2H])c(N(c4cc([2H])c5c(c4[2H])C4(c6cc([2H])c([2H])c([2H])c6-5)c5cc([2H])c([2H])c([2H])c5-c5c([2H])c([2H])c([2H])c([2H])c54)c4c([2H])cc([2H])c(-c5cc6c(c([2H])c5[2H])-c5c([2H])c([2H])c([2H])c([2H])c5C6(C([2H])([2H])[2H])C([2H])([2H])[2H])c4[2H])c([2H])c3[2H])c(-c3c([2H])c([2H])c4cc([2H])c([2H])c([2H])c4c3[2H])c2c1. The number of benzene rings is 12. The summed E-state index contributed by atoms with van der Waals surface area (Å²) in [6.45, 7) is -7.77. The molecule has 342 valence electrons. The van der Waals surface area contributed by atoms with Gasteiger partial charge in [0.25, 0.3) is 0 Å². The average molecular weight is 968 g/mol. The fraction of sp³-hybridized carbons (Fsp3) is 0.0556. The second kappa shape index (κ2) is 15.7. The maximum absolute atomic E-state index is 11.0. The van der Waals surface area contributed by atoms with E-state index < -0.39 is 347 Å². The number of hydrogen-bond donors (Lipinski definition) is 0. The first-order valence-corrected chi connectivity index (χ1v) is 22.4. The molecule has 0 saturated heterocycles. The summed E-state index contributed by atoms with van der Waals surface area (Å²) in [4.78, 5) is 0.503. The molecule has 12 aromatic carbocycles. The van der Waals surface area contributed by atoms with E-state index in [1.54, 1.807) is 0 Å². The molecule has 0 N–H and O–H groups in total. The molecule has 0 amide bonds. The minimum Gasteiger partial charge on any atom is -0.310 e. The lowest BCUT2D eigenvalue weighted by molar-refractivity contribution is 0.660. The van der Waals surface area contributed by atoms with Gasteiger partial charge in [-0.25, -0.2) is 0 Å². The zero-order chi connectivity index (χ0) is 83.0. The standard InChI is InChI=1S/C72H49N/c1-71(2)64-26-11-7-22-58(64)62-40-35-51(44-68(62)71)50-19-15-20-54(43-50)73(53-36-32-48(33-37-53)57-39-34-47-17-5-6-21-56(47)70(57)52-31-30-46-16-3-4-18-49(46)42-52)55-38-41-63-61-25-10-14-29-67(61)72(69(63)45-55)65-27-12-8-23-59(65)60-24-9-13-28-66(60)72/h3-45H,1-2H3/i1D3,2D3,3D,4D,6D,7D,8D,9D,10D,11D,12D,13D,14D,17D,18D,19D,20D,22D,23D,24D,25D,26D,27D,30D,31D,32D,33D,35D,36D,37D,39D,40D,41D,42D,43D,45D. The molecule has 1 heteroatoms. The van der Waals surface area contributed by atoms with Crippen molar-refractivity contribution in [2.75, 3.05) is 4.90 Å². The quantitative estimate of drug-likeness (QED) is 0.160. The minimum atomic E-state index is -3.88. The lowest BCUT2D eigenvalue weighted by Crippen LogP contribution is -2.26. The molecular formula is C72H49N. The number of fused-ring (bicyclic) bond motifs is 15. The van der Waals surface area contributed by atoms with Crippen LogP contribution in [0.4, 0.5) is 17.1 Å². The third-order valence-electron chi connectivity index (χ3n) is 13.5. The largest absolute Gasteiger partial charge is 0.310 e. The van der Waals surface area contributed by atoms with Crippen LogP contribution in [0.15, 0.2) is 260 Å². The third kappa shape index (κ3) is 6.03. The monoisotopic (exact) mass is 968 g/mol. The van der Waals surface area contributed by atoms with Gasteiger partial charge >= 0.3 is 0 Å². The topological polar surface area (TPSA) is 3.24 Å². The Balaban J connectivity index is 1.13. The Morgan fingerprint density at radius 1 is 0.342 bits per heavy atom. The molecule has 3 aliphatic rings. The number of rotatable bonds is 6. The van der Waals surface area contributed by atoms with E-state index in [0.29, 0.717) is 17.0 Å². The maximum Gasteiger partial charge on any atom is 0.0726 e. The summed E-state index contributed by atoms with van der Waals surface area (Å²) in [5.41, 5.74) is -21.9. The van der Waals surface area contributed by atoms with Gasteiger partial charge in [-0.3, -0.25) is 0 Å². The van der Waals surface area contributed by atoms with Crippen LogP contribution in [0.5, 0.6) is 0 Å². The van der Waals surface area contributed by atoms with Crippen molar-refractivity contribution in [1.29, 1.82) is 0 Å². The Labute approximate surface area is 483 Å². The summed E-state index contributed by atoms with van der Waals surface area (Å²) in [5, 5.41) is -1.28. The molecule has 73 heavy (non-hydrogen) atoms. The van der Waals surface area contributed by atoms with Gasteiger partial charge in [0.1, 0.15) is 0 Å². The first kappa shape index (κ1) is 18.2. The molecule has 1 atom stereocenters. The summed E-state index contributed by atoms with van der Waals surface area (Å²) >= 11 is 0. The zero-order valence-corrected chi connectivity index (χ0v) is 37.1. The summed E-state index contributed by atoms with van der Waals surface area (Å²) in [6, 6.07) is -23.4. The van der Waals surface area contributed by atoms with Crippen molar-refractivity contribution in [2.45, 2.75) is 24.5 Å². The second-order valence-electron chi connectivity index (χ2n) is 17.2. The van der Waals surface area contributed by atoms with E-state index >= 15 is 0 Å². The second-order valence-corrected chi connectivity index (χ2v) is 17.2. The molecule has 0 aromatic heterocycles. The van der Waals surface area contributed by atoms with Crippen LogP contribution in [0.2, 0.25) is 0 Å². The Bertz CT molecular complexity index is 6490. The Morgan fingerprint density at radius 2 is 1.00 bits per heavy atom. The predicted octanol–water partition coefficient (Wildman–Crippen LogP) is 19.1. The van der Waals surface area contributed by atoms with Crippen molar-refractivity contribution in [2.24, 2.45) is 0 Å². The van der Waals surface area contributed by atoms with Gasteiger partial charge in [-0.15, -0.1) is 0 Å². The first-order valence-electron chi connectivity index (χ1n) is 42.4. The van der Waals surface area contributed by atoms with Gasteiger partial charge in [-0.05, 0) is 170 Å². The van der Waals surface area contributed by atoms with Gasteiger partial charge < -0.3 is 4.90 Å². The molecular weight excluding hydrogens is 879 g/mol. The fourth-order valence-corrected chi connectivity index (χ4v) is 10.3. The zero-order valence-electron chi connectivity index (χ0n) is 77.1. The molecule has 1 nitrogen and oxygen atoms in total. The van der Waals surface area contributed by atoms with Crippen LogP contribution in [0.1, 0.15) is 102 Å². The van der Waals surface area contributed by atoms with Gasteiger partial charge in [0.15, 0.2) is 0 Å². The molecule has 12 aromatic rings. The number of anilines is 3. The van der Waals surface area contributed by atoms with Crippen molar-refractivity contribution in [3.8, 4) is 66.8 Å². The molecule has 0 aliphatic heterocycles. The molecule has 0 bridgehead atoms. The molecule has 0 fully saturated rings. The number of hydrogen-bond acceptors (Lipinski definition) is 1. The Kier molecular flexibility index (Phi) is 3.93. The smallest absolute Gasteiger partial charge is 0.0726 e.